The number of anilines is 1. The van der Waals surface area contributed by atoms with Gasteiger partial charge in [0, 0.05) is 12.8 Å². The molecule has 3 unspecified atom stereocenters. The third-order valence-corrected chi connectivity index (χ3v) is 6.53. The highest BCUT2D eigenvalue weighted by Crippen LogP contribution is 2.35. The Bertz CT molecular complexity index is 1540. The van der Waals surface area contributed by atoms with Gasteiger partial charge < -0.3 is 30.2 Å². The summed E-state index contributed by atoms with van der Waals surface area (Å²) < 4.78 is 33.4. The van der Waals surface area contributed by atoms with Crippen LogP contribution in [0.2, 0.25) is 5.28 Å². The van der Waals surface area contributed by atoms with E-state index in [0.717, 1.165) is 0 Å². The Morgan fingerprint density at radius 1 is 1.12 bits per heavy atom. The molecule has 0 amide bonds. The molecule has 4 aromatic rings. The summed E-state index contributed by atoms with van der Waals surface area (Å²) >= 11 is 5.88. The number of carbonyl (C=O) groups is 2. The molecule has 14 heteroatoms. The van der Waals surface area contributed by atoms with Crippen LogP contribution in [0.4, 0.5) is 10.2 Å². The van der Waals surface area contributed by atoms with Crippen molar-refractivity contribution < 1.29 is 38.4 Å². The van der Waals surface area contributed by atoms with Crippen molar-refractivity contribution in [3.63, 3.8) is 0 Å². The lowest BCUT2D eigenvalue weighted by Gasteiger charge is -2.27. The standard InChI is InChI=1S/C26H23ClFN5O7/c27-25-31-20(29)19-21(32-25)33(13-30-19)22-18(28)10-17(40-22)12-38-26(23(34)35,24(36)37)11-14-5-4-8-16(9-14)39-15-6-2-1-3-7-15/h1-9,13,17-18,22H,10-12H2,(H,34,35)(H,36,37)(H2,29,31,32). The topological polar surface area (TPSA) is 172 Å². The highest BCUT2D eigenvalue weighted by atomic mass is 35.5. The van der Waals surface area contributed by atoms with E-state index in [9.17, 15) is 19.8 Å². The molecule has 2 aromatic carbocycles. The number of rotatable bonds is 10. The second-order valence-corrected chi connectivity index (χ2v) is 9.43. The van der Waals surface area contributed by atoms with Crippen LogP contribution in [0.3, 0.4) is 0 Å². The zero-order valence-electron chi connectivity index (χ0n) is 20.7. The molecule has 0 radical (unpaired) electrons. The molecule has 0 aliphatic carbocycles. The lowest BCUT2D eigenvalue weighted by molar-refractivity contribution is -0.188. The van der Waals surface area contributed by atoms with E-state index >= 15 is 4.39 Å². The number of nitrogens with zero attached hydrogens (tertiary/aromatic N) is 4. The predicted octanol–water partition coefficient (Wildman–Crippen LogP) is 3.65. The number of hydrogen-bond acceptors (Lipinski definition) is 9. The maximum atomic E-state index is 15.1. The lowest BCUT2D eigenvalue weighted by Crippen LogP contribution is -2.52. The molecule has 0 saturated carbocycles. The molecule has 40 heavy (non-hydrogen) atoms. The molecule has 3 heterocycles. The Balaban J connectivity index is 1.32. The summed E-state index contributed by atoms with van der Waals surface area (Å²) in [5.74, 6) is -2.50. The second-order valence-electron chi connectivity index (χ2n) is 9.09. The van der Waals surface area contributed by atoms with E-state index in [1.165, 1.54) is 17.0 Å². The first kappa shape index (κ1) is 27.2. The maximum Gasteiger partial charge on any atom is 0.348 e. The molecule has 2 aromatic heterocycles. The van der Waals surface area contributed by atoms with Crippen LogP contribution in [0, 0.1) is 0 Å². The fraction of sp³-hybridized carbons (Fsp3) is 0.269. The van der Waals surface area contributed by atoms with E-state index in [0.29, 0.717) is 17.1 Å². The van der Waals surface area contributed by atoms with Crippen molar-refractivity contribution in [2.75, 3.05) is 12.3 Å². The largest absolute Gasteiger partial charge is 0.479 e. The van der Waals surface area contributed by atoms with Crippen molar-refractivity contribution in [1.29, 1.82) is 0 Å². The van der Waals surface area contributed by atoms with E-state index in [1.807, 2.05) is 6.07 Å². The summed E-state index contributed by atoms with van der Waals surface area (Å²) in [5, 5.41) is 19.8. The molecular weight excluding hydrogens is 549 g/mol. The van der Waals surface area contributed by atoms with E-state index < -0.39 is 49.1 Å². The molecule has 5 rings (SSSR count). The summed E-state index contributed by atoms with van der Waals surface area (Å²) in [7, 11) is 0. The van der Waals surface area contributed by atoms with Crippen LogP contribution in [-0.4, -0.2) is 66.2 Å². The Kier molecular flexibility index (Phi) is 7.52. The number of hydrogen-bond donors (Lipinski definition) is 3. The number of nitrogen functional groups attached to an aromatic ring is 1. The van der Waals surface area contributed by atoms with Gasteiger partial charge in [0.15, 0.2) is 17.7 Å². The summed E-state index contributed by atoms with van der Waals surface area (Å²) in [6.07, 6.45) is -3.21. The van der Waals surface area contributed by atoms with E-state index in [2.05, 4.69) is 15.0 Å². The highest BCUT2D eigenvalue weighted by Gasteiger charge is 2.50. The number of carboxylic acids is 2. The molecule has 0 bridgehead atoms. The number of halogens is 2. The van der Waals surface area contributed by atoms with Crippen molar-refractivity contribution in [3.8, 4) is 11.5 Å². The molecule has 1 aliphatic heterocycles. The fourth-order valence-corrected chi connectivity index (χ4v) is 4.60. The zero-order chi connectivity index (χ0) is 28.4. The minimum Gasteiger partial charge on any atom is -0.479 e. The summed E-state index contributed by atoms with van der Waals surface area (Å²) in [6, 6.07) is 15.2. The minimum absolute atomic E-state index is 0.00739. The van der Waals surface area contributed by atoms with Gasteiger partial charge in [-0.25, -0.2) is 19.0 Å². The molecule has 12 nitrogen and oxygen atoms in total. The lowest BCUT2D eigenvalue weighted by atomic mass is 9.94. The number of alkyl halides is 1. The van der Waals surface area contributed by atoms with E-state index in [4.69, 9.17) is 31.5 Å². The number of carboxylic acid groups (broad SMARTS) is 2. The van der Waals surface area contributed by atoms with Gasteiger partial charge in [-0.3, -0.25) is 4.57 Å². The van der Waals surface area contributed by atoms with Gasteiger partial charge in [0.25, 0.3) is 5.60 Å². The number of aliphatic carboxylic acids is 2. The quantitative estimate of drug-likeness (QED) is 0.187. The summed E-state index contributed by atoms with van der Waals surface area (Å²) in [5.41, 5.74) is 3.83. The highest BCUT2D eigenvalue weighted by molar-refractivity contribution is 6.28. The molecule has 3 atom stereocenters. The number of benzene rings is 2. The number of aromatic nitrogens is 4. The molecule has 0 spiro atoms. The van der Waals surface area contributed by atoms with Gasteiger partial charge >= 0.3 is 11.9 Å². The van der Waals surface area contributed by atoms with Crippen molar-refractivity contribution in [2.45, 2.75) is 36.9 Å². The number of fused-ring (bicyclic) bond motifs is 1. The molecule has 208 valence electrons. The van der Waals surface area contributed by atoms with Crippen LogP contribution in [0.15, 0.2) is 60.9 Å². The second kappa shape index (κ2) is 11.0. The third-order valence-electron chi connectivity index (χ3n) is 6.36. The average Bonchev–Trinajstić information content (AvgIpc) is 3.50. The number of ether oxygens (including phenoxy) is 3. The van der Waals surface area contributed by atoms with Crippen LogP contribution >= 0.6 is 11.6 Å². The van der Waals surface area contributed by atoms with Crippen molar-refractivity contribution in [2.24, 2.45) is 0 Å². The van der Waals surface area contributed by atoms with Gasteiger partial charge in [-0.1, -0.05) is 30.3 Å². The van der Waals surface area contributed by atoms with Crippen molar-refractivity contribution >= 4 is 40.5 Å². The summed E-state index contributed by atoms with van der Waals surface area (Å²) in [6.45, 7) is -0.514. The average molecular weight is 572 g/mol. The van der Waals surface area contributed by atoms with Gasteiger partial charge in [0.1, 0.15) is 23.2 Å². The first-order chi connectivity index (χ1) is 19.2. The van der Waals surface area contributed by atoms with Crippen LogP contribution in [0.25, 0.3) is 11.2 Å². The van der Waals surface area contributed by atoms with Gasteiger partial charge in [-0.15, -0.1) is 0 Å². The third kappa shape index (κ3) is 5.39. The van der Waals surface area contributed by atoms with Crippen LogP contribution < -0.4 is 10.5 Å². The van der Waals surface area contributed by atoms with Crippen LogP contribution in [0.5, 0.6) is 11.5 Å². The molecule has 1 aliphatic rings. The number of nitrogens with two attached hydrogens (primary N) is 1. The fourth-order valence-electron chi connectivity index (χ4n) is 4.43. The summed E-state index contributed by atoms with van der Waals surface area (Å²) in [4.78, 5) is 36.5. The molecular formula is C26H23ClFN5O7. The monoisotopic (exact) mass is 571 g/mol. The Morgan fingerprint density at radius 2 is 1.85 bits per heavy atom. The number of para-hydroxylation sites is 1. The van der Waals surface area contributed by atoms with Gasteiger partial charge in [0.2, 0.25) is 5.28 Å². The van der Waals surface area contributed by atoms with Gasteiger partial charge in [-0.2, -0.15) is 9.97 Å². The first-order valence-corrected chi connectivity index (χ1v) is 12.4. The van der Waals surface area contributed by atoms with Gasteiger partial charge in [-0.05, 0) is 41.4 Å². The molecule has 1 fully saturated rings. The van der Waals surface area contributed by atoms with E-state index in [-0.39, 0.29) is 28.7 Å². The predicted molar refractivity (Wildman–Crippen MR) is 139 cm³/mol. The molecule has 1 saturated heterocycles. The Morgan fingerprint density at radius 3 is 2.58 bits per heavy atom. The smallest absolute Gasteiger partial charge is 0.348 e. The zero-order valence-corrected chi connectivity index (χ0v) is 21.4. The Labute approximate surface area is 231 Å². The van der Waals surface area contributed by atoms with Gasteiger partial charge in [0.05, 0.1) is 19.0 Å². The Hall–Kier alpha value is -4.33. The SMILES string of the molecule is Nc1nc(Cl)nc2c1ncn2C1OC(COC(Cc2cccc(Oc3ccccc3)c2)(C(=O)O)C(=O)O)CC1F. The van der Waals surface area contributed by atoms with Crippen molar-refractivity contribution in [1.82, 2.24) is 19.5 Å². The van der Waals surface area contributed by atoms with E-state index in [1.54, 1.807) is 42.5 Å². The first-order valence-electron chi connectivity index (χ1n) is 12.0. The van der Waals surface area contributed by atoms with Crippen LogP contribution in [0.1, 0.15) is 18.2 Å². The maximum absolute atomic E-state index is 15.1. The normalized spacial score (nSPS) is 19.1. The molecule has 4 N–H and O–H groups in total. The van der Waals surface area contributed by atoms with Crippen LogP contribution in [-0.2, 0) is 25.5 Å². The number of imidazole rings is 1. The van der Waals surface area contributed by atoms with Crippen molar-refractivity contribution in [3.05, 3.63) is 71.8 Å². The minimum atomic E-state index is -2.67.